The third-order valence-electron chi connectivity index (χ3n) is 8.17. The first kappa shape index (κ1) is 25.1. The smallest absolute Gasteiger partial charge is 0.268 e. The molecule has 0 atom stereocenters. The number of fused-ring (bicyclic) bond motifs is 2. The fourth-order valence-corrected chi connectivity index (χ4v) is 5.95. The van der Waals surface area contributed by atoms with Gasteiger partial charge in [0, 0.05) is 44.5 Å². The van der Waals surface area contributed by atoms with Crippen molar-refractivity contribution < 1.29 is 9.59 Å². The van der Waals surface area contributed by atoms with E-state index in [-0.39, 0.29) is 17.4 Å². The summed E-state index contributed by atoms with van der Waals surface area (Å²) in [7, 11) is 0. The van der Waals surface area contributed by atoms with Crippen molar-refractivity contribution in [1.29, 1.82) is 0 Å². The molecule has 2 aromatic heterocycles. The number of aryl methyl sites for hydroxylation is 1. The van der Waals surface area contributed by atoms with Gasteiger partial charge < -0.3 is 15.2 Å². The molecule has 9 nitrogen and oxygen atoms in total. The van der Waals surface area contributed by atoms with Gasteiger partial charge in [-0.1, -0.05) is 18.2 Å². The van der Waals surface area contributed by atoms with E-state index in [0.717, 1.165) is 55.1 Å². The first-order valence-corrected chi connectivity index (χ1v) is 13.5. The van der Waals surface area contributed by atoms with Gasteiger partial charge in [-0.2, -0.15) is 5.10 Å². The quantitative estimate of drug-likeness (QED) is 0.379. The van der Waals surface area contributed by atoms with Crippen LogP contribution in [0.2, 0.25) is 0 Å². The molecule has 1 aliphatic heterocycles. The number of hydrogen-bond donors (Lipinski definition) is 2. The second-order valence-corrected chi connectivity index (χ2v) is 10.6. The number of nitrogens with zero attached hydrogens (tertiary/aromatic N) is 5. The highest BCUT2D eigenvalue weighted by molar-refractivity contribution is 5.93. The number of rotatable bonds is 7. The van der Waals surface area contributed by atoms with E-state index in [0.29, 0.717) is 6.54 Å². The van der Waals surface area contributed by atoms with Gasteiger partial charge in [-0.05, 0) is 79.3 Å². The minimum atomic E-state index is -0.104. The monoisotopic (exact) mass is 523 g/mol. The summed E-state index contributed by atoms with van der Waals surface area (Å²) in [6, 6.07) is 18.1. The largest absolute Gasteiger partial charge is 0.347 e. The molecule has 200 valence electrons. The second kappa shape index (κ2) is 10.1. The normalized spacial score (nSPS) is 15.9. The minimum absolute atomic E-state index is 0.0205. The predicted octanol–water partition coefficient (Wildman–Crippen LogP) is 4.16. The van der Waals surface area contributed by atoms with Crippen LogP contribution in [0, 0.1) is 6.92 Å². The molecule has 2 aromatic carbocycles. The third kappa shape index (κ3) is 4.74. The number of nitrogens with one attached hydrogen (secondary N) is 2. The summed E-state index contributed by atoms with van der Waals surface area (Å²) in [5, 5.41) is 10.1. The summed E-state index contributed by atoms with van der Waals surface area (Å²) in [4.78, 5) is 31.1. The molecule has 2 amide bonds. The van der Waals surface area contributed by atoms with Crippen molar-refractivity contribution in [2.75, 3.05) is 11.9 Å². The van der Waals surface area contributed by atoms with E-state index in [1.54, 1.807) is 17.3 Å². The summed E-state index contributed by atoms with van der Waals surface area (Å²) in [5.74, 6) is -0.164. The lowest BCUT2D eigenvalue weighted by molar-refractivity contribution is -0.114. The van der Waals surface area contributed by atoms with E-state index >= 15 is 0 Å². The molecular weight excluding hydrogens is 490 g/mol. The molecule has 0 unspecified atom stereocenters. The van der Waals surface area contributed by atoms with Gasteiger partial charge in [-0.25, -0.2) is 9.67 Å². The molecule has 1 fully saturated rings. The molecule has 0 saturated heterocycles. The van der Waals surface area contributed by atoms with Gasteiger partial charge in [-0.15, -0.1) is 0 Å². The summed E-state index contributed by atoms with van der Waals surface area (Å²) in [6.07, 6.45) is 6.67. The summed E-state index contributed by atoms with van der Waals surface area (Å²) >= 11 is 0. The van der Waals surface area contributed by atoms with Crippen LogP contribution < -0.4 is 10.6 Å². The van der Waals surface area contributed by atoms with Crippen LogP contribution in [-0.2, 0) is 30.0 Å². The number of anilines is 1. The maximum absolute atomic E-state index is 13.2. The molecule has 0 radical (unpaired) electrons. The number of carbonyl (C=O) groups is 2. The Morgan fingerprint density at radius 3 is 2.51 bits per heavy atom. The number of hydrogen-bond acceptors (Lipinski definition) is 5. The maximum atomic E-state index is 13.2. The standard InChI is InChI=1S/C30H33N7O2/c1-21-16-26(37-20-31-19-33-37)9-6-24(21)18-35-14-15-36-27(10-11-28(36)30(35)12-3-13-30)29(39)32-17-23-4-7-25(8-5-23)34-22(2)38/h4-11,16,19-20H,3,12-15,17-18H2,1-2H3,(H,32,39)(H,34,38). The first-order valence-electron chi connectivity index (χ1n) is 13.5. The first-order chi connectivity index (χ1) is 18.9. The SMILES string of the molecule is CC(=O)Nc1ccc(CNC(=O)c2ccc3n2CCN(Cc2ccc(-n4cncn4)cc2C)C32CCC2)cc1. The number of benzene rings is 2. The summed E-state index contributed by atoms with van der Waals surface area (Å²) in [5.41, 5.74) is 7.24. The topological polar surface area (TPSA) is 97.1 Å². The van der Waals surface area contributed by atoms with Crippen LogP contribution >= 0.6 is 0 Å². The van der Waals surface area contributed by atoms with Crippen molar-refractivity contribution in [3.63, 3.8) is 0 Å². The Labute approximate surface area is 227 Å². The van der Waals surface area contributed by atoms with Gasteiger partial charge in [-0.3, -0.25) is 14.5 Å². The molecule has 1 spiro atoms. The fourth-order valence-electron chi connectivity index (χ4n) is 5.95. The Hall–Kier alpha value is -4.24. The van der Waals surface area contributed by atoms with Crippen LogP contribution in [0.25, 0.3) is 5.69 Å². The van der Waals surface area contributed by atoms with Crippen LogP contribution in [0.5, 0.6) is 0 Å². The summed E-state index contributed by atoms with van der Waals surface area (Å²) in [6.45, 7) is 6.64. The Morgan fingerprint density at radius 2 is 1.85 bits per heavy atom. The predicted molar refractivity (Wildman–Crippen MR) is 148 cm³/mol. The Morgan fingerprint density at radius 1 is 1.03 bits per heavy atom. The van der Waals surface area contributed by atoms with Crippen LogP contribution in [0.1, 0.15) is 59.1 Å². The Kier molecular flexibility index (Phi) is 6.52. The zero-order chi connectivity index (χ0) is 27.0. The van der Waals surface area contributed by atoms with Crippen molar-refractivity contribution >= 4 is 17.5 Å². The molecule has 1 aliphatic carbocycles. The number of carbonyl (C=O) groups excluding carboxylic acids is 2. The third-order valence-corrected chi connectivity index (χ3v) is 8.17. The lowest BCUT2D eigenvalue weighted by Gasteiger charge is -2.54. The molecule has 6 rings (SSSR count). The Balaban J connectivity index is 1.16. The van der Waals surface area contributed by atoms with E-state index in [2.05, 4.69) is 61.4 Å². The number of amides is 2. The molecule has 4 aromatic rings. The zero-order valence-corrected chi connectivity index (χ0v) is 22.4. The van der Waals surface area contributed by atoms with Gasteiger partial charge >= 0.3 is 0 Å². The lowest BCUT2D eigenvalue weighted by Crippen LogP contribution is -2.56. The molecular formula is C30H33N7O2. The van der Waals surface area contributed by atoms with Gasteiger partial charge in [0.15, 0.2) is 0 Å². The van der Waals surface area contributed by atoms with Crippen molar-refractivity contribution in [1.82, 2.24) is 29.5 Å². The van der Waals surface area contributed by atoms with Crippen molar-refractivity contribution in [2.45, 2.75) is 58.3 Å². The van der Waals surface area contributed by atoms with Crippen LogP contribution in [0.15, 0.2) is 67.3 Å². The van der Waals surface area contributed by atoms with Gasteiger partial charge in [0.1, 0.15) is 18.3 Å². The number of aromatic nitrogens is 4. The van der Waals surface area contributed by atoms with E-state index in [4.69, 9.17) is 0 Å². The molecule has 2 aliphatic rings. The second-order valence-electron chi connectivity index (χ2n) is 10.6. The minimum Gasteiger partial charge on any atom is -0.347 e. The van der Waals surface area contributed by atoms with Gasteiger partial charge in [0.25, 0.3) is 5.91 Å². The fraction of sp³-hybridized carbons (Fsp3) is 0.333. The molecule has 2 N–H and O–H groups in total. The van der Waals surface area contributed by atoms with Gasteiger partial charge in [0.05, 0.1) is 11.2 Å². The molecule has 9 heteroatoms. The van der Waals surface area contributed by atoms with Crippen LogP contribution in [0.4, 0.5) is 5.69 Å². The molecule has 1 saturated carbocycles. The summed E-state index contributed by atoms with van der Waals surface area (Å²) < 4.78 is 4.01. The van der Waals surface area contributed by atoms with E-state index in [1.807, 2.05) is 30.3 Å². The highest BCUT2D eigenvalue weighted by Gasteiger charge is 2.48. The van der Waals surface area contributed by atoms with Crippen LogP contribution in [0.3, 0.4) is 0 Å². The van der Waals surface area contributed by atoms with E-state index in [1.165, 1.54) is 30.2 Å². The van der Waals surface area contributed by atoms with E-state index in [9.17, 15) is 9.59 Å². The van der Waals surface area contributed by atoms with Crippen LogP contribution in [-0.4, -0.2) is 42.6 Å². The van der Waals surface area contributed by atoms with Gasteiger partial charge in [0.2, 0.25) is 5.91 Å². The van der Waals surface area contributed by atoms with Crippen molar-refractivity contribution in [2.24, 2.45) is 0 Å². The highest BCUT2D eigenvalue weighted by Crippen LogP contribution is 2.49. The molecule has 3 heterocycles. The van der Waals surface area contributed by atoms with Crippen molar-refractivity contribution in [3.8, 4) is 5.69 Å². The lowest BCUT2D eigenvalue weighted by atomic mass is 9.71. The maximum Gasteiger partial charge on any atom is 0.268 e. The zero-order valence-electron chi connectivity index (χ0n) is 22.4. The molecule has 39 heavy (non-hydrogen) atoms. The Bertz CT molecular complexity index is 1500. The average molecular weight is 524 g/mol. The van der Waals surface area contributed by atoms with E-state index < -0.39 is 0 Å². The average Bonchev–Trinajstić information content (AvgIpc) is 3.59. The molecule has 0 bridgehead atoms. The van der Waals surface area contributed by atoms with Crippen molar-refractivity contribution in [3.05, 3.63) is 95.3 Å². The highest BCUT2D eigenvalue weighted by atomic mass is 16.2.